The molecular weight excluding hydrogens is 180 g/mol. The molecule has 1 rings (SSSR count). The van der Waals surface area contributed by atoms with Crippen LogP contribution in [0.4, 0.5) is 0 Å². The number of hydrogen-bond acceptors (Lipinski definition) is 3. The average Bonchev–Trinajstić information content (AvgIpc) is 2.19. The Balaban J connectivity index is 2.12. The molecule has 3 nitrogen and oxygen atoms in total. The molecule has 0 aromatic carbocycles. The summed E-state index contributed by atoms with van der Waals surface area (Å²) in [5.74, 6) is 1.39. The highest BCUT2D eigenvalue weighted by Crippen LogP contribution is 2.30. The standard InChI is InChI=1S/C11H22O3/c1-13-9-14-8-11-4-2-3-10(7-11)5-6-12/h10-12H,2-9H2,1H3. The van der Waals surface area contributed by atoms with Crippen LogP contribution in [-0.2, 0) is 9.47 Å². The quantitative estimate of drug-likeness (QED) is 0.527. The SMILES string of the molecule is COCOCC1CCCC(CCO)C1. The first-order valence-corrected chi connectivity index (χ1v) is 5.54. The lowest BCUT2D eigenvalue weighted by atomic mass is 9.80. The average molecular weight is 202 g/mol. The van der Waals surface area contributed by atoms with Crippen LogP contribution < -0.4 is 0 Å². The minimum absolute atomic E-state index is 0.330. The molecule has 0 aromatic heterocycles. The number of hydrogen-bond donors (Lipinski definition) is 1. The van der Waals surface area contributed by atoms with Gasteiger partial charge < -0.3 is 14.6 Å². The first-order valence-electron chi connectivity index (χ1n) is 5.54. The summed E-state index contributed by atoms with van der Waals surface area (Å²) >= 11 is 0. The lowest BCUT2D eigenvalue weighted by Crippen LogP contribution is -2.21. The number of aliphatic hydroxyl groups excluding tert-OH is 1. The Kier molecular flexibility index (Phi) is 6.15. The molecule has 1 fully saturated rings. The molecule has 0 spiro atoms. The van der Waals surface area contributed by atoms with Crippen molar-refractivity contribution in [3.05, 3.63) is 0 Å². The van der Waals surface area contributed by atoms with Crippen LogP contribution >= 0.6 is 0 Å². The third-order valence-corrected chi connectivity index (χ3v) is 2.98. The fraction of sp³-hybridized carbons (Fsp3) is 1.00. The minimum atomic E-state index is 0.330. The summed E-state index contributed by atoms with van der Waals surface area (Å²) in [6, 6.07) is 0. The Labute approximate surface area is 86.4 Å². The first kappa shape index (κ1) is 12.0. The molecule has 3 heteroatoms. The normalized spacial score (nSPS) is 27.9. The fourth-order valence-corrected chi connectivity index (χ4v) is 2.30. The fourth-order valence-electron chi connectivity index (χ4n) is 2.30. The molecule has 2 unspecified atom stereocenters. The van der Waals surface area contributed by atoms with Crippen molar-refractivity contribution in [2.75, 3.05) is 27.1 Å². The predicted molar refractivity (Wildman–Crippen MR) is 55.0 cm³/mol. The second kappa shape index (κ2) is 7.21. The monoisotopic (exact) mass is 202 g/mol. The summed E-state index contributed by atoms with van der Waals surface area (Å²) in [6.07, 6.45) is 6.00. The van der Waals surface area contributed by atoms with Crippen molar-refractivity contribution in [2.45, 2.75) is 32.1 Å². The topological polar surface area (TPSA) is 38.7 Å². The maximum absolute atomic E-state index is 8.87. The summed E-state index contributed by atoms with van der Waals surface area (Å²) in [5.41, 5.74) is 0. The highest BCUT2D eigenvalue weighted by molar-refractivity contribution is 4.72. The van der Waals surface area contributed by atoms with Crippen LogP contribution in [0.25, 0.3) is 0 Å². The number of ether oxygens (including phenoxy) is 2. The molecule has 0 saturated heterocycles. The van der Waals surface area contributed by atoms with Crippen molar-refractivity contribution in [3.63, 3.8) is 0 Å². The molecular formula is C11H22O3. The van der Waals surface area contributed by atoms with Gasteiger partial charge in [-0.2, -0.15) is 0 Å². The van der Waals surface area contributed by atoms with Gasteiger partial charge in [0, 0.05) is 13.7 Å². The van der Waals surface area contributed by atoms with Gasteiger partial charge in [0.2, 0.25) is 0 Å². The van der Waals surface area contributed by atoms with Gasteiger partial charge in [-0.25, -0.2) is 0 Å². The van der Waals surface area contributed by atoms with Crippen LogP contribution in [0, 0.1) is 11.8 Å². The molecule has 1 N–H and O–H groups in total. The largest absolute Gasteiger partial charge is 0.396 e. The molecule has 2 atom stereocenters. The number of methoxy groups -OCH3 is 1. The van der Waals surface area contributed by atoms with E-state index in [9.17, 15) is 0 Å². The maximum atomic E-state index is 8.87. The molecule has 84 valence electrons. The van der Waals surface area contributed by atoms with E-state index in [0.29, 0.717) is 25.2 Å². The van der Waals surface area contributed by atoms with Gasteiger partial charge in [0.25, 0.3) is 0 Å². The van der Waals surface area contributed by atoms with Gasteiger partial charge in [0.15, 0.2) is 0 Å². The molecule has 0 aliphatic heterocycles. The zero-order valence-electron chi connectivity index (χ0n) is 9.08. The maximum Gasteiger partial charge on any atom is 0.146 e. The van der Waals surface area contributed by atoms with Crippen LogP contribution in [0.1, 0.15) is 32.1 Å². The summed E-state index contributed by atoms with van der Waals surface area (Å²) in [4.78, 5) is 0. The molecule has 0 amide bonds. The highest BCUT2D eigenvalue weighted by atomic mass is 16.7. The Hall–Kier alpha value is -0.120. The first-order chi connectivity index (χ1) is 6.86. The summed E-state index contributed by atoms with van der Waals surface area (Å²) < 4.78 is 10.2. The van der Waals surface area contributed by atoms with Gasteiger partial charge in [0.1, 0.15) is 6.79 Å². The van der Waals surface area contributed by atoms with E-state index in [2.05, 4.69) is 0 Å². The van der Waals surface area contributed by atoms with Crippen LogP contribution in [0.5, 0.6) is 0 Å². The van der Waals surface area contributed by atoms with Crippen LogP contribution in [0.2, 0.25) is 0 Å². The second-order valence-corrected chi connectivity index (χ2v) is 4.19. The van der Waals surface area contributed by atoms with E-state index >= 15 is 0 Å². The van der Waals surface area contributed by atoms with Gasteiger partial charge in [-0.3, -0.25) is 0 Å². The lowest BCUT2D eigenvalue weighted by Gasteiger charge is -2.28. The molecule has 1 aliphatic carbocycles. The smallest absolute Gasteiger partial charge is 0.146 e. The lowest BCUT2D eigenvalue weighted by molar-refractivity contribution is -0.0499. The van der Waals surface area contributed by atoms with Crippen LogP contribution in [-0.4, -0.2) is 32.2 Å². The molecule has 0 heterocycles. The zero-order valence-corrected chi connectivity index (χ0v) is 9.08. The third-order valence-electron chi connectivity index (χ3n) is 2.98. The summed E-state index contributed by atoms with van der Waals surface area (Å²) in [6.45, 7) is 1.55. The molecule has 14 heavy (non-hydrogen) atoms. The Bertz CT molecular complexity index is 136. The number of rotatable bonds is 6. The van der Waals surface area contributed by atoms with E-state index < -0.39 is 0 Å². The van der Waals surface area contributed by atoms with Gasteiger partial charge in [0.05, 0.1) is 6.61 Å². The summed E-state index contributed by atoms with van der Waals surface area (Å²) in [7, 11) is 1.65. The van der Waals surface area contributed by atoms with Gasteiger partial charge >= 0.3 is 0 Å². The molecule has 1 aliphatic rings. The second-order valence-electron chi connectivity index (χ2n) is 4.19. The highest BCUT2D eigenvalue weighted by Gasteiger charge is 2.21. The molecule has 0 radical (unpaired) electrons. The van der Waals surface area contributed by atoms with Crippen molar-refractivity contribution in [3.8, 4) is 0 Å². The predicted octanol–water partition coefficient (Wildman–Crippen LogP) is 1.80. The third kappa shape index (κ3) is 4.40. The van der Waals surface area contributed by atoms with E-state index in [1.807, 2.05) is 0 Å². The van der Waals surface area contributed by atoms with Crippen molar-refractivity contribution >= 4 is 0 Å². The minimum Gasteiger partial charge on any atom is -0.396 e. The van der Waals surface area contributed by atoms with Crippen molar-refractivity contribution in [2.24, 2.45) is 11.8 Å². The Morgan fingerprint density at radius 1 is 1.29 bits per heavy atom. The van der Waals surface area contributed by atoms with Crippen molar-refractivity contribution < 1.29 is 14.6 Å². The summed E-state index contributed by atoms with van der Waals surface area (Å²) in [5, 5.41) is 8.87. The van der Waals surface area contributed by atoms with E-state index in [1.54, 1.807) is 7.11 Å². The van der Waals surface area contributed by atoms with E-state index in [0.717, 1.165) is 13.0 Å². The van der Waals surface area contributed by atoms with Gasteiger partial charge in [-0.1, -0.05) is 12.8 Å². The number of aliphatic hydroxyl groups is 1. The van der Waals surface area contributed by atoms with Gasteiger partial charge in [-0.15, -0.1) is 0 Å². The molecule has 0 bridgehead atoms. The van der Waals surface area contributed by atoms with Crippen LogP contribution in [0.3, 0.4) is 0 Å². The van der Waals surface area contributed by atoms with E-state index in [-0.39, 0.29) is 0 Å². The zero-order chi connectivity index (χ0) is 10.2. The van der Waals surface area contributed by atoms with Crippen molar-refractivity contribution in [1.82, 2.24) is 0 Å². The Morgan fingerprint density at radius 3 is 2.79 bits per heavy atom. The van der Waals surface area contributed by atoms with E-state index in [1.165, 1.54) is 25.7 Å². The molecule has 1 saturated carbocycles. The molecule has 0 aromatic rings. The van der Waals surface area contributed by atoms with E-state index in [4.69, 9.17) is 14.6 Å². The van der Waals surface area contributed by atoms with Crippen LogP contribution in [0.15, 0.2) is 0 Å². The van der Waals surface area contributed by atoms with Gasteiger partial charge in [-0.05, 0) is 31.1 Å². The Morgan fingerprint density at radius 2 is 2.07 bits per heavy atom. The van der Waals surface area contributed by atoms with Crippen molar-refractivity contribution in [1.29, 1.82) is 0 Å².